The summed E-state index contributed by atoms with van der Waals surface area (Å²) in [6.45, 7) is 1.57. The van der Waals surface area contributed by atoms with Crippen molar-refractivity contribution >= 4 is 11.9 Å². The zero-order valence-corrected chi connectivity index (χ0v) is 14.2. The first-order valence-electron chi connectivity index (χ1n) is 8.07. The van der Waals surface area contributed by atoms with Gasteiger partial charge in [0.2, 0.25) is 0 Å². The molecule has 0 spiro atoms. The van der Waals surface area contributed by atoms with Gasteiger partial charge in [0.05, 0.1) is 37.6 Å². The third-order valence-electron chi connectivity index (χ3n) is 3.13. The topological polar surface area (TPSA) is 96.8 Å². The Morgan fingerprint density at radius 2 is 0.962 bits per heavy atom. The number of nitrogens with zero attached hydrogens (tertiary/aromatic N) is 2. The molecule has 0 amide bonds. The number of ether oxygens (including phenoxy) is 4. The van der Waals surface area contributed by atoms with Crippen LogP contribution in [-0.2, 0) is 18.9 Å². The van der Waals surface area contributed by atoms with E-state index in [2.05, 4.69) is 9.97 Å². The fourth-order valence-electron chi connectivity index (χ4n) is 1.85. The standard InChI is InChI=1S/C18H20N2O6/c21-17(15-1-5-19-6-2-15)25-13-11-23-9-10-24-12-14-26-18(22)16-3-7-20-8-4-16/h1-8H,9-14H2. The number of pyridine rings is 2. The van der Waals surface area contributed by atoms with Crippen LogP contribution in [0, 0.1) is 0 Å². The molecule has 0 bridgehead atoms. The van der Waals surface area contributed by atoms with Crippen molar-refractivity contribution in [2.45, 2.75) is 0 Å². The van der Waals surface area contributed by atoms with Gasteiger partial charge in [0.1, 0.15) is 13.2 Å². The average molecular weight is 360 g/mol. The van der Waals surface area contributed by atoms with Crippen molar-refractivity contribution in [2.24, 2.45) is 0 Å². The van der Waals surface area contributed by atoms with Gasteiger partial charge in [-0.2, -0.15) is 0 Å². The van der Waals surface area contributed by atoms with E-state index in [0.717, 1.165) is 0 Å². The maximum absolute atomic E-state index is 11.6. The van der Waals surface area contributed by atoms with E-state index in [1.807, 2.05) is 0 Å². The second-order valence-corrected chi connectivity index (χ2v) is 4.97. The molecule has 2 heterocycles. The Balaban J connectivity index is 1.41. The molecular formula is C18H20N2O6. The van der Waals surface area contributed by atoms with E-state index in [-0.39, 0.29) is 26.4 Å². The first-order valence-corrected chi connectivity index (χ1v) is 8.07. The number of esters is 2. The van der Waals surface area contributed by atoms with Gasteiger partial charge >= 0.3 is 11.9 Å². The van der Waals surface area contributed by atoms with Gasteiger partial charge in [-0.05, 0) is 24.3 Å². The van der Waals surface area contributed by atoms with Crippen molar-refractivity contribution in [2.75, 3.05) is 39.6 Å². The van der Waals surface area contributed by atoms with Crippen molar-refractivity contribution in [3.63, 3.8) is 0 Å². The molecule has 0 unspecified atom stereocenters. The molecule has 0 saturated heterocycles. The molecule has 2 aromatic heterocycles. The Kier molecular flexibility index (Phi) is 8.74. The molecule has 8 heteroatoms. The van der Waals surface area contributed by atoms with Crippen LogP contribution in [0.4, 0.5) is 0 Å². The Morgan fingerprint density at radius 1 is 0.615 bits per heavy atom. The minimum atomic E-state index is -0.414. The SMILES string of the molecule is O=C(OCCOCCOCCOC(=O)c1ccncc1)c1ccncc1. The number of rotatable bonds is 11. The molecule has 26 heavy (non-hydrogen) atoms. The highest BCUT2D eigenvalue weighted by molar-refractivity contribution is 5.89. The fourth-order valence-corrected chi connectivity index (χ4v) is 1.85. The molecule has 138 valence electrons. The van der Waals surface area contributed by atoms with E-state index < -0.39 is 11.9 Å². The summed E-state index contributed by atoms with van der Waals surface area (Å²) in [5, 5.41) is 0. The second kappa shape index (κ2) is 11.7. The predicted molar refractivity (Wildman–Crippen MR) is 90.7 cm³/mol. The smallest absolute Gasteiger partial charge is 0.338 e. The van der Waals surface area contributed by atoms with E-state index in [0.29, 0.717) is 24.3 Å². The fraction of sp³-hybridized carbons (Fsp3) is 0.333. The summed E-state index contributed by atoms with van der Waals surface area (Å²) in [5.41, 5.74) is 0.897. The Morgan fingerprint density at radius 3 is 1.35 bits per heavy atom. The van der Waals surface area contributed by atoms with Crippen LogP contribution in [0.5, 0.6) is 0 Å². The van der Waals surface area contributed by atoms with Gasteiger partial charge < -0.3 is 18.9 Å². The lowest BCUT2D eigenvalue weighted by Gasteiger charge is -2.07. The van der Waals surface area contributed by atoms with Gasteiger partial charge in [-0.3, -0.25) is 9.97 Å². The number of aromatic nitrogens is 2. The maximum atomic E-state index is 11.6. The third kappa shape index (κ3) is 7.37. The van der Waals surface area contributed by atoms with Crippen molar-refractivity contribution in [3.05, 3.63) is 60.2 Å². The van der Waals surface area contributed by atoms with Gasteiger partial charge in [-0.15, -0.1) is 0 Å². The lowest BCUT2D eigenvalue weighted by Crippen LogP contribution is -2.15. The molecule has 0 saturated carbocycles. The normalized spacial score (nSPS) is 10.3. The monoisotopic (exact) mass is 360 g/mol. The summed E-state index contributed by atoms with van der Waals surface area (Å²) in [5.74, 6) is -0.827. The number of carbonyl (C=O) groups excluding carboxylic acids is 2. The van der Waals surface area contributed by atoms with Crippen LogP contribution >= 0.6 is 0 Å². The van der Waals surface area contributed by atoms with E-state index in [1.54, 1.807) is 24.3 Å². The summed E-state index contributed by atoms with van der Waals surface area (Å²) in [6.07, 6.45) is 6.11. The maximum Gasteiger partial charge on any atom is 0.338 e. The Labute approximate surface area is 151 Å². The van der Waals surface area contributed by atoms with Gasteiger partial charge in [0.25, 0.3) is 0 Å². The molecular weight excluding hydrogens is 340 g/mol. The predicted octanol–water partition coefficient (Wildman–Crippen LogP) is 1.52. The molecule has 0 aliphatic heterocycles. The molecule has 0 atom stereocenters. The quantitative estimate of drug-likeness (QED) is 0.440. The number of hydrogen-bond donors (Lipinski definition) is 0. The lowest BCUT2D eigenvalue weighted by molar-refractivity contribution is 0.00229. The summed E-state index contributed by atoms with van der Waals surface area (Å²) >= 11 is 0. The van der Waals surface area contributed by atoms with Crippen LogP contribution in [-0.4, -0.2) is 61.5 Å². The summed E-state index contributed by atoms with van der Waals surface area (Å²) in [7, 11) is 0. The molecule has 0 N–H and O–H groups in total. The summed E-state index contributed by atoms with van der Waals surface area (Å²) in [4.78, 5) is 30.9. The van der Waals surface area contributed by atoms with Crippen LogP contribution in [0.25, 0.3) is 0 Å². The van der Waals surface area contributed by atoms with Crippen molar-refractivity contribution in [3.8, 4) is 0 Å². The zero-order chi connectivity index (χ0) is 18.5. The molecule has 0 aliphatic rings. The number of carbonyl (C=O) groups is 2. The molecule has 0 aliphatic carbocycles. The highest BCUT2D eigenvalue weighted by Gasteiger charge is 2.06. The average Bonchev–Trinajstić information content (AvgIpc) is 2.70. The number of hydrogen-bond acceptors (Lipinski definition) is 8. The molecule has 8 nitrogen and oxygen atoms in total. The Bertz CT molecular complexity index is 606. The highest BCUT2D eigenvalue weighted by atomic mass is 16.6. The lowest BCUT2D eigenvalue weighted by atomic mass is 10.3. The van der Waals surface area contributed by atoms with Crippen LogP contribution in [0.15, 0.2) is 49.1 Å². The molecule has 0 aromatic carbocycles. The van der Waals surface area contributed by atoms with Gasteiger partial charge in [0, 0.05) is 24.8 Å². The van der Waals surface area contributed by atoms with Gasteiger partial charge in [0.15, 0.2) is 0 Å². The van der Waals surface area contributed by atoms with Gasteiger partial charge in [-0.1, -0.05) is 0 Å². The largest absolute Gasteiger partial charge is 0.460 e. The van der Waals surface area contributed by atoms with Crippen molar-refractivity contribution in [1.82, 2.24) is 9.97 Å². The van der Waals surface area contributed by atoms with Gasteiger partial charge in [-0.25, -0.2) is 9.59 Å². The van der Waals surface area contributed by atoms with Crippen LogP contribution in [0.3, 0.4) is 0 Å². The minimum Gasteiger partial charge on any atom is -0.460 e. The van der Waals surface area contributed by atoms with Crippen molar-refractivity contribution in [1.29, 1.82) is 0 Å². The van der Waals surface area contributed by atoms with E-state index >= 15 is 0 Å². The van der Waals surface area contributed by atoms with Crippen LogP contribution in [0.2, 0.25) is 0 Å². The first-order chi connectivity index (χ1) is 12.8. The summed E-state index contributed by atoms with van der Waals surface area (Å²) < 4.78 is 20.7. The Hall–Kier alpha value is -2.84. The van der Waals surface area contributed by atoms with Crippen LogP contribution < -0.4 is 0 Å². The van der Waals surface area contributed by atoms with E-state index in [4.69, 9.17) is 18.9 Å². The zero-order valence-electron chi connectivity index (χ0n) is 14.2. The van der Waals surface area contributed by atoms with Crippen LogP contribution in [0.1, 0.15) is 20.7 Å². The summed E-state index contributed by atoms with van der Waals surface area (Å²) in [6, 6.07) is 6.33. The highest BCUT2D eigenvalue weighted by Crippen LogP contribution is 2.00. The molecule has 2 aromatic rings. The molecule has 0 radical (unpaired) electrons. The van der Waals surface area contributed by atoms with E-state index in [9.17, 15) is 9.59 Å². The van der Waals surface area contributed by atoms with E-state index in [1.165, 1.54) is 24.8 Å². The van der Waals surface area contributed by atoms with Crippen molar-refractivity contribution < 1.29 is 28.5 Å². The molecule has 0 fully saturated rings. The first kappa shape index (κ1) is 19.5. The third-order valence-corrected chi connectivity index (χ3v) is 3.13. The second-order valence-electron chi connectivity index (χ2n) is 4.97. The minimum absolute atomic E-state index is 0.157. The molecule has 2 rings (SSSR count).